The first-order valence-electron chi connectivity index (χ1n) is 29.4. The molecule has 0 aliphatic rings. The average Bonchev–Trinajstić information content (AvgIpc) is 3.31. The number of carbonyl (C=O) groups excluding carboxylic acids is 2. The minimum Gasteiger partial charge on any atom is -0.466 e. The third-order valence-electron chi connectivity index (χ3n) is 13.8. The molecule has 6 heteroatoms. The highest BCUT2D eigenvalue weighted by Crippen LogP contribution is 2.18. The molecular formula is C59H115NO5. The molecule has 2 atom stereocenters. The lowest BCUT2D eigenvalue weighted by Gasteiger charge is -2.22. The second-order valence-corrected chi connectivity index (χ2v) is 20.3. The molecule has 386 valence electrons. The summed E-state index contributed by atoms with van der Waals surface area (Å²) < 4.78 is 5.45. The Morgan fingerprint density at radius 1 is 0.415 bits per heavy atom. The summed E-state index contributed by atoms with van der Waals surface area (Å²) in [6.07, 6.45) is 64.9. The van der Waals surface area contributed by atoms with Crippen LogP contribution in [0.25, 0.3) is 0 Å². The Labute approximate surface area is 406 Å². The zero-order chi connectivity index (χ0) is 47.2. The second-order valence-electron chi connectivity index (χ2n) is 20.3. The van der Waals surface area contributed by atoms with Gasteiger partial charge in [0.25, 0.3) is 0 Å². The van der Waals surface area contributed by atoms with E-state index in [1.54, 1.807) is 0 Å². The van der Waals surface area contributed by atoms with Crippen LogP contribution in [0.1, 0.15) is 328 Å². The number of carbonyl (C=O) groups is 2. The fourth-order valence-electron chi connectivity index (χ4n) is 9.28. The summed E-state index contributed by atoms with van der Waals surface area (Å²) in [7, 11) is 0. The molecule has 0 saturated carbocycles. The molecule has 65 heavy (non-hydrogen) atoms. The highest BCUT2D eigenvalue weighted by Gasteiger charge is 2.20. The summed E-state index contributed by atoms with van der Waals surface area (Å²) in [5.41, 5.74) is 0. The van der Waals surface area contributed by atoms with Crippen LogP contribution in [0.3, 0.4) is 0 Å². The first-order valence-corrected chi connectivity index (χ1v) is 29.4. The first-order chi connectivity index (χ1) is 32.0. The summed E-state index contributed by atoms with van der Waals surface area (Å²) in [4.78, 5) is 24.5. The predicted molar refractivity (Wildman–Crippen MR) is 283 cm³/mol. The average molecular weight is 919 g/mol. The molecule has 1 amide bonds. The van der Waals surface area contributed by atoms with Crippen molar-refractivity contribution >= 4 is 11.9 Å². The molecule has 6 nitrogen and oxygen atoms in total. The standard InChI is InChI=1S/C59H115NO5/c1-3-5-7-9-11-13-15-17-18-19-20-21-22-23-25-28-31-35-39-43-47-51-57(62)56(55-61)60-58(63)52-48-44-40-36-32-29-26-24-27-30-34-38-42-46-50-54-65-59(64)53-49-45-41-37-33-16-14-12-10-8-6-4-2/h27,30,56-57,61-62H,3-26,28-29,31-55H2,1-2H3,(H,60,63)/b30-27-. The van der Waals surface area contributed by atoms with E-state index in [1.807, 2.05) is 0 Å². The van der Waals surface area contributed by atoms with Crippen LogP contribution in [0.15, 0.2) is 12.2 Å². The van der Waals surface area contributed by atoms with Crippen LogP contribution in [0.5, 0.6) is 0 Å². The summed E-state index contributed by atoms with van der Waals surface area (Å²) in [5.74, 6) is -0.0552. The molecule has 2 unspecified atom stereocenters. The van der Waals surface area contributed by atoms with Gasteiger partial charge in [-0.3, -0.25) is 9.59 Å². The van der Waals surface area contributed by atoms with Gasteiger partial charge < -0.3 is 20.3 Å². The molecular weight excluding hydrogens is 803 g/mol. The predicted octanol–water partition coefficient (Wildman–Crippen LogP) is 18.1. The molecule has 0 rings (SSSR count). The molecule has 3 N–H and O–H groups in total. The number of aliphatic hydroxyl groups is 2. The lowest BCUT2D eigenvalue weighted by atomic mass is 10.0. The van der Waals surface area contributed by atoms with Gasteiger partial charge in [0.05, 0.1) is 25.4 Å². The van der Waals surface area contributed by atoms with E-state index in [0.717, 1.165) is 70.6 Å². The minimum absolute atomic E-state index is 0.00850. The molecule has 0 aliphatic carbocycles. The van der Waals surface area contributed by atoms with Gasteiger partial charge in [0.1, 0.15) is 0 Å². The molecule has 0 heterocycles. The largest absolute Gasteiger partial charge is 0.466 e. The van der Waals surface area contributed by atoms with Gasteiger partial charge in [-0.25, -0.2) is 0 Å². The highest BCUT2D eigenvalue weighted by molar-refractivity contribution is 5.76. The molecule has 0 spiro atoms. The number of nitrogens with one attached hydrogen (secondary N) is 1. The van der Waals surface area contributed by atoms with E-state index in [9.17, 15) is 19.8 Å². The highest BCUT2D eigenvalue weighted by atomic mass is 16.5. The summed E-state index contributed by atoms with van der Waals surface area (Å²) in [6, 6.07) is -0.553. The topological polar surface area (TPSA) is 95.9 Å². The Morgan fingerprint density at radius 3 is 1.09 bits per heavy atom. The third-order valence-corrected chi connectivity index (χ3v) is 13.8. The van der Waals surface area contributed by atoms with Gasteiger partial charge in [-0.15, -0.1) is 0 Å². The van der Waals surface area contributed by atoms with Crippen LogP contribution in [-0.2, 0) is 14.3 Å². The van der Waals surface area contributed by atoms with Crippen LogP contribution >= 0.6 is 0 Å². The van der Waals surface area contributed by atoms with Gasteiger partial charge >= 0.3 is 5.97 Å². The monoisotopic (exact) mass is 918 g/mol. The van der Waals surface area contributed by atoms with Crippen molar-refractivity contribution in [1.29, 1.82) is 0 Å². The molecule has 0 saturated heterocycles. The second kappa shape index (κ2) is 55.2. The smallest absolute Gasteiger partial charge is 0.305 e. The van der Waals surface area contributed by atoms with Crippen LogP contribution < -0.4 is 5.32 Å². The maximum absolute atomic E-state index is 12.5. The number of hydrogen-bond acceptors (Lipinski definition) is 5. The first kappa shape index (κ1) is 63.6. The van der Waals surface area contributed by atoms with E-state index in [0.29, 0.717) is 25.9 Å². The quantitative estimate of drug-likeness (QED) is 0.0321. The van der Waals surface area contributed by atoms with Crippen molar-refractivity contribution in [3.05, 3.63) is 12.2 Å². The lowest BCUT2D eigenvalue weighted by molar-refractivity contribution is -0.143. The van der Waals surface area contributed by atoms with Gasteiger partial charge in [-0.1, -0.05) is 276 Å². The van der Waals surface area contributed by atoms with Gasteiger partial charge in [0.2, 0.25) is 5.91 Å². The van der Waals surface area contributed by atoms with E-state index in [2.05, 4.69) is 31.3 Å². The molecule has 0 aromatic rings. The van der Waals surface area contributed by atoms with E-state index in [1.165, 1.54) is 225 Å². The Kier molecular flexibility index (Phi) is 54.0. The summed E-state index contributed by atoms with van der Waals surface area (Å²) >= 11 is 0. The number of allylic oxidation sites excluding steroid dienone is 2. The fourth-order valence-corrected chi connectivity index (χ4v) is 9.28. The van der Waals surface area contributed by atoms with Crippen LogP contribution in [0.2, 0.25) is 0 Å². The SMILES string of the molecule is CCCCCCCCCCCCCCCCCCCCCCCC(O)C(CO)NC(=O)CCCCCCCCC/C=C\CCCCCCOC(=O)CCCCCCCCCCCCCC. The van der Waals surface area contributed by atoms with Gasteiger partial charge in [0, 0.05) is 12.8 Å². The van der Waals surface area contributed by atoms with Crippen molar-refractivity contribution in [3.63, 3.8) is 0 Å². The van der Waals surface area contributed by atoms with Crippen LogP contribution in [0, 0.1) is 0 Å². The number of unbranched alkanes of at least 4 members (excludes halogenated alkanes) is 42. The number of rotatable bonds is 55. The van der Waals surface area contributed by atoms with Crippen molar-refractivity contribution in [2.75, 3.05) is 13.2 Å². The van der Waals surface area contributed by atoms with Crippen molar-refractivity contribution in [3.8, 4) is 0 Å². The maximum atomic E-state index is 12.5. The van der Waals surface area contributed by atoms with Crippen molar-refractivity contribution < 1.29 is 24.5 Å². The number of aliphatic hydroxyl groups excluding tert-OH is 2. The molecule has 0 fully saturated rings. The number of ether oxygens (including phenoxy) is 1. The number of esters is 1. The van der Waals surface area contributed by atoms with Crippen LogP contribution in [-0.4, -0.2) is 47.4 Å². The third kappa shape index (κ3) is 51.8. The van der Waals surface area contributed by atoms with Crippen molar-refractivity contribution in [2.45, 2.75) is 341 Å². The summed E-state index contributed by atoms with van der Waals surface area (Å²) in [5, 5.41) is 23.3. The fraction of sp³-hybridized carbons (Fsp3) is 0.932. The van der Waals surface area contributed by atoms with E-state index >= 15 is 0 Å². The molecule has 0 radical (unpaired) electrons. The van der Waals surface area contributed by atoms with E-state index < -0.39 is 12.1 Å². The summed E-state index contributed by atoms with van der Waals surface area (Å²) in [6.45, 7) is 4.94. The van der Waals surface area contributed by atoms with Gasteiger partial charge in [-0.05, 0) is 51.4 Å². The van der Waals surface area contributed by atoms with Crippen LogP contribution in [0.4, 0.5) is 0 Å². The maximum Gasteiger partial charge on any atom is 0.305 e. The zero-order valence-electron chi connectivity index (χ0n) is 44.0. The Bertz CT molecular complexity index is 970. The lowest BCUT2D eigenvalue weighted by Crippen LogP contribution is -2.45. The molecule has 0 aliphatic heterocycles. The Hall–Kier alpha value is -1.40. The van der Waals surface area contributed by atoms with E-state index in [4.69, 9.17) is 4.74 Å². The minimum atomic E-state index is -0.674. The molecule has 0 aromatic heterocycles. The number of amides is 1. The van der Waals surface area contributed by atoms with Crippen molar-refractivity contribution in [1.82, 2.24) is 5.32 Å². The van der Waals surface area contributed by atoms with E-state index in [-0.39, 0.29) is 18.5 Å². The zero-order valence-corrected chi connectivity index (χ0v) is 44.0. The number of hydrogen-bond donors (Lipinski definition) is 3. The Morgan fingerprint density at radius 2 is 0.723 bits per heavy atom. The molecule has 0 bridgehead atoms. The van der Waals surface area contributed by atoms with Crippen molar-refractivity contribution in [2.24, 2.45) is 0 Å². The van der Waals surface area contributed by atoms with Gasteiger partial charge in [-0.2, -0.15) is 0 Å². The van der Waals surface area contributed by atoms with Gasteiger partial charge in [0.15, 0.2) is 0 Å². The Balaban J connectivity index is 3.46. The molecule has 0 aromatic carbocycles. The normalized spacial score (nSPS) is 12.6.